The predicted octanol–water partition coefficient (Wildman–Crippen LogP) is 4.29. The summed E-state index contributed by atoms with van der Waals surface area (Å²) >= 11 is 1.03. The van der Waals surface area contributed by atoms with Crippen LogP contribution in [0.5, 0.6) is 0 Å². The maximum absolute atomic E-state index is 12.9. The molecule has 1 aliphatic rings. The van der Waals surface area contributed by atoms with Crippen LogP contribution < -0.4 is 10.6 Å². The summed E-state index contributed by atoms with van der Waals surface area (Å²) in [7, 11) is 0. The minimum Gasteiger partial charge on any atom is -0.326 e. The largest absolute Gasteiger partial charge is 0.416 e. The number of nitrogens with one attached hydrogen (secondary N) is 2. The molecule has 2 aromatic rings. The van der Waals surface area contributed by atoms with Gasteiger partial charge in [-0.25, -0.2) is 4.39 Å². The van der Waals surface area contributed by atoms with Crippen molar-refractivity contribution in [3.05, 3.63) is 53.8 Å². The van der Waals surface area contributed by atoms with Crippen LogP contribution in [-0.4, -0.2) is 17.1 Å². The number of fused-ring (bicyclic) bond motifs is 1. The second-order valence-corrected chi connectivity index (χ2v) is 6.81. The van der Waals surface area contributed by atoms with E-state index in [0.29, 0.717) is 10.6 Å². The molecule has 0 aliphatic carbocycles. The van der Waals surface area contributed by atoms with E-state index in [2.05, 4.69) is 10.6 Å². The zero-order valence-corrected chi connectivity index (χ0v) is 13.9. The van der Waals surface area contributed by atoms with E-state index in [0.717, 1.165) is 23.9 Å². The van der Waals surface area contributed by atoms with Crippen molar-refractivity contribution in [2.45, 2.75) is 22.7 Å². The minimum absolute atomic E-state index is 0.0741. The molecular weight excluding hydrogens is 372 g/mol. The Hall–Kier alpha value is -2.55. The lowest BCUT2D eigenvalue weighted by Crippen LogP contribution is -2.32. The van der Waals surface area contributed by atoms with Gasteiger partial charge in [-0.3, -0.25) is 9.59 Å². The number of anilines is 2. The third kappa shape index (κ3) is 4.16. The maximum Gasteiger partial charge on any atom is 0.416 e. The van der Waals surface area contributed by atoms with Crippen molar-refractivity contribution < 1.29 is 27.2 Å². The highest BCUT2D eigenvalue weighted by molar-refractivity contribution is 8.01. The van der Waals surface area contributed by atoms with Gasteiger partial charge in [-0.2, -0.15) is 13.2 Å². The van der Waals surface area contributed by atoms with Gasteiger partial charge in [0, 0.05) is 17.0 Å². The number of amides is 2. The molecule has 0 radical (unpaired) electrons. The first-order chi connectivity index (χ1) is 12.2. The van der Waals surface area contributed by atoms with Crippen LogP contribution >= 0.6 is 11.8 Å². The molecule has 26 heavy (non-hydrogen) atoms. The lowest BCUT2D eigenvalue weighted by atomic mass is 10.1. The summed E-state index contributed by atoms with van der Waals surface area (Å²) in [5.74, 6) is -1.45. The first-order valence-electron chi connectivity index (χ1n) is 7.46. The SMILES string of the molecule is O=C(C[C@@H]1Sc2ccc(C(F)(F)F)cc2NC1=O)Nc1ccc(F)cc1. The Balaban J connectivity index is 1.68. The Labute approximate surface area is 150 Å². The summed E-state index contributed by atoms with van der Waals surface area (Å²) in [5.41, 5.74) is -0.400. The second-order valence-electron chi connectivity index (χ2n) is 5.56. The van der Waals surface area contributed by atoms with Gasteiger partial charge in [0.25, 0.3) is 0 Å². The van der Waals surface area contributed by atoms with Gasteiger partial charge >= 0.3 is 6.18 Å². The molecule has 0 aromatic heterocycles. The van der Waals surface area contributed by atoms with Crippen LogP contribution in [0, 0.1) is 5.82 Å². The van der Waals surface area contributed by atoms with E-state index in [9.17, 15) is 27.2 Å². The number of carbonyl (C=O) groups excluding carboxylic acids is 2. The van der Waals surface area contributed by atoms with E-state index in [1.165, 1.54) is 30.3 Å². The molecule has 0 fully saturated rings. The van der Waals surface area contributed by atoms with Gasteiger partial charge in [0.2, 0.25) is 11.8 Å². The smallest absolute Gasteiger partial charge is 0.326 e. The summed E-state index contributed by atoms with van der Waals surface area (Å²) in [6.07, 6.45) is -4.68. The highest BCUT2D eigenvalue weighted by Crippen LogP contribution is 2.40. The lowest BCUT2D eigenvalue weighted by Gasteiger charge is -2.24. The molecule has 0 saturated carbocycles. The number of hydrogen-bond donors (Lipinski definition) is 2. The average molecular weight is 384 g/mol. The molecule has 9 heteroatoms. The number of halogens is 4. The predicted molar refractivity (Wildman–Crippen MR) is 89.4 cm³/mol. The maximum atomic E-state index is 12.9. The Bertz CT molecular complexity index is 853. The number of alkyl halides is 3. The fourth-order valence-corrected chi connectivity index (χ4v) is 3.47. The Kier molecular flexibility index (Phi) is 4.90. The normalized spacial score (nSPS) is 16.6. The number of carbonyl (C=O) groups is 2. The van der Waals surface area contributed by atoms with Crippen molar-refractivity contribution in [1.82, 2.24) is 0 Å². The third-order valence-corrected chi connectivity index (χ3v) is 4.90. The quantitative estimate of drug-likeness (QED) is 0.777. The van der Waals surface area contributed by atoms with Crippen molar-refractivity contribution in [3.63, 3.8) is 0 Å². The molecule has 1 aliphatic heterocycles. The lowest BCUT2D eigenvalue weighted by molar-refractivity contribution is -0.137. The van der Waals surface area contributed by atoms with Crippen LogP contribution in [0.4, 0.5) is 28.9 Å². The molecule has 2 N–H and O–H groups in total. The van der Waals surface area contributed by atoms with Gasteiger partial charge in [0.05, 0.1) is 16.5 Å². The molecule has 0 bridgehead atoms. The van der Waals surface area contributed by atoms with Crippen LogP contribution in [-0.2, 0) is 15.8 Å². The first-order valence-corrected chi connectivity index (χ1v) is 8.34. The van der Waals surface area contributed by atoms with E-state index >= 15 is 0 Å². The zero-order valence-electron chi connectivity index (χ0n) is 13.1. The minimum atomic E-state index is -4.50. The molecular formula is C17H12F4N2O2S. The summed E-state index contributed by atoms with van der Waals surface area (Å²) in [4.78, 5) is 24.6. The molecule has 0 saturated heterocycles. The number of thioether (sulfide) groups is 1. The van der Waals surface area contributed by atoms with Crippen molar-refractivity contribution >= 4 is 35.0 Å². The summed E-state index contributed by atoms with van der Waals surface area (Å²) in [6, 6.07) is 8.21. The van der Waals surface area contributed by atoms with Crippen molar-refractivity contribution in [2.75, 3.05) is 10.6 Å². The van der Waals surface area contributed by atoms with Crippen molar-refractivity contribution in [2.24, 2.45) is 0 Å². The van der Waals surface area contributed by atoms with Crippen LogP contribution in [0.25, 0.3) is 0 Å². The fourth-order valence-electron chi connectivity index (χ4n) is 2.37. The zero-order chi connectivity index (χ0) is 18.9. The molecule has 4 nitrogen and oxygen atoms in total. The van der Waals surface area contributed by atoms with Crippen molar-refractivity contribution in [3.8, 4) is 0 Å². The van der Waals surface area contributed by atoms with Crippen LogP contribution in [0.2, 0.25) is 0 Å². The first kappa shape index (κ1) is 18.2. The molecule has 0 unspecified atom stereocenters. The highest BCUT2D eigenvalue weighted by atomic mass is 32.2. The van der Waals surface area contributed by atoms with E-state index in [1.807, 2.05) is 0 Å². The molecule has 136 valence electrons. The molecule has 3 rings (SSSR count). The highest BCUT2D eigenvalue weighted by Gasteiger charge is 2.34. The Morgan fingerprint density at radius 2 is 1.85 bits per heavy atom. The van der Waals surface area contributed by atoms with Crippen LogP contribution in [0.1, 0.15) is 12.0 Å². The van der Waals surface area contributed by atoms with Crippen molar-refractivity contribution in [1.29, 1.82) is 0 Å². The van der Waals surface area contributed by atoms with Gasteiger partial charge in [0.15, 0.2) is 0 Å². The Morgan fingerprint density at radius 1 is 1.15 bits per heavy atom. The topological polar surface area (TPSA) is 58.2 Å². The van der Waals surface area contributed by atoms with Crippen LogP contribution in [0.3, 0.4) is 0 Å². The summed E-state index contributed by atoms with van der Waals surface area (Å²) in [6.45, 7) is 0. The van der Waals surface area contributed by atoms with E-state index in [-0.39, 0.29) is 12.1 Å². The average Bonchev–Trinajstić information content (AvgIpc) is 2.56. The number of rotatable bonds is 3. The van der Waals surface area contributed by atoms with Gasteiger partial charge in [0.1, 0.15) is 5.82 Å². The molecule has 1 heterocycles. The van der Waals surface area contributed by atoms with Crippen LogP contribution in [0.15, 0.2) is 47.4 Å². The summed E-state index contributed by atoms with van der Waals surface area (Å²) in [5, 5.41) is 4.17. The second kappa shape index (κ2) is 6.99. The monoisotopic (exact) mass is 384 g/mol. The number of hydrogen-bond acceptors (Lipinski definition) is 3. The summed E-state index contributed by atoms with van der Waals surface area (Å²) < 4.78 is 51.1. The van der Waals surface area contributed by atoms with E-state index < -0.39 is 34.6 Å². The van der Waals surface area contributed by atoms with E-state index in [4.69, 9.17) is 0 Å². The molecule has 2 aromatic carbocycles. The molecule has 2 amide bonds. The van der Waals surface area contributed by atoms with Gasteiger partial charge in [-0.1, -0.05) is 0 Å². The van der Waals surface area contributed by atoms with Gasteiger partial charge in [-0.15, -0.1) is 11.8 Å². The molecule has 1 atom stereocenters. The fraction of sp³-hybridized carbons (Fsp3) is 0.176. The Morgan fingerprint density at radius 3 is 2.50 bits per heavy atom. The molecule has 0 spiro atoms. The van der Waals surface area contributed by atoms with Gasteiger partial charge < -0.3 is 10.6 Å². The van der Waals surface area contributed by atoms with Gasteiger partial charge in [-0.05, 0) is 42.5 Å². The third-order valence-electron chi connectivity index (χ3n) is 3.63. The van der Waals surface area contributed by atoms with E-state index in [1.54, 1.807) is 0 Å². The standard InChI is InChI=1S/C17H12F4N2O2S/c18-10-2-4-11(5-3-10)22-15(24)8-14-16(25)23-12-7-9(17(19,20)21)1-6-13(12)26-14/h1-7,14H,8H2,(H,22,24)(H,23,25)/t14-/m0/s1. The number of benzene rings is 2.